The third-order valence-electron chi connectivity index (χ3n) is 10.8. The molecule has 0 radical (unpaired) electrons. The average molecular weight is 879 g/mol. The van der Waals surface area contributed by atoms with Crippen LogP contribution in [-0.4, -0.2) is 65.4 Å². The van der Waals surface area contributed by atoms with E-state index in [1.165, 1.54) is 24.3 Å². The van der Waals surface area contributed by atoms with Crippen molar-refractivity contribution in [2.75, 3.05) is 11.5 Å². The summed E-state index contributed by atoms with van der Waals surface area (Å²) >= 11 is 0. The molecule has 0 bridgehead atoms. The quantitative estimate of drug-likeness (QED) is 0.111. The fourth-order valence-electron chi connectivity index (χ4n) is 7.64. The summed E-state index contributed by atoms with van der Waals surface area (Å²) < 4.78 is 125. The van der Waals surface area contributed by atoms with E-state index in [0.29, 0.717) is 36.8 Å². The minimum Gasteiger partial charge on any atom is -0.362 e. The Hall–Kier alpha value is -3.88. The first-order valence-corrected chi connectivity index (χ1v) is 24.9. The summed E-state index contributed by atoms with van der Waals surface area (Å²) in [6.07, 6.45) is 4.36. The van der Waals surface area contributed by atoms with Gasteiger partial charge in [-0.05, 0) is 60.1 Å². The van der Waals surface area contributed by atoms with Gasteiger partial charge in [0.05, 0.1) is 33.4 Å². The SMILES string of the molecule is CCC1(CC)CS(=O)(=O)c2cc(OS(=O)(=O)O)ccc2C(c2ccccc2)N1.CCCC[C@]1(CC)CS(=O)(=O)c2cc(OS(=O)(=O)O)ccc2[C@@H](c2ccccc2)N1. The maximum absolute atomic E-state index is 13.4. The molecule has 2 heterocycles. The molecule has 0 spiro atoms. The van der Waals surface area contributed by atoms with Gasteiger partial charge in [0.2, 0.25) is 0 Å². The van der Waals surface area contributed by atoms with Gasteiger partial charge in [0.1, 0.15) is 11.5 Å². The molecule has 2 aliphatic heterocycles. The van der Waals surface area contributed by atoms with Gasteiger partial charge in [0.25, 0.3) is 0 Å². The van der Waals surface area contributed by atoms with E-state index in [0.717, 1.165) is 30.0 Å². The molecule has 0 aromatic heterocycles. The highest BCUT2D eigenvalue weighted by molar-refractivity contribution is 7.92. The Morgan fingerprint density at radius 2 is 0.983 bits per heavy atom. The standard InChI is InChI=1S/C21H27NO6S2.C19H23NO6S2/c1-3-5-13-21(4-2)15-29(23,24)19-14-17(28-30(25,26)27)11-12-18(19)20(22-21)16-9-7-6-8-10-16;1-3-19(4-2)13-27(21,22)17-12-15(26-28(23,24)25)10-11-16(17)18(20-19)14-8-6-5-7-9-14/h6-12,14,20,22H,3-5,13,15H2,1-2H3,(H,25,26,27);5-12,18,20H,3-4,13H2,1-2H3,(H,23,24,25)/t20-,21-;/m1./s1. The van der Waals surface area contributed by atoms with Crippen LogP contribution in [0.15, 0.2) is 107 Å². The van der Waals surface area contributed by atoms with Crippen LogP contribution in [0.5, 0.6) is 11.5 Å². The largest absolute Gasteiger partial charge is 0.446 e. The number of sulfone groups is 2. The van der Waals surface area contributed by atoms with Gasteiger partial charge in [-0.15, -0.1) is 0 Å². The summed E-state index contributed by atoms with van der Waals surface area (Å²) in [5.74, 6) is -0.734. The van der Waals surface area contributed by atoms with E-state index < -0.39 is 63.6 Å². The molecule has 4 N–H and O–H groups in total. The molecular formula is C40H50N2O12S4. The van der Waals surface area contributed by atoms with Crippen LogP contribution in [0.2, 0.25) is 0 Å². The summed E-state index contributed by atoms with van der Waals surface area (Å²) in [5, 5.41) is 7.16. The molecular weight excluding hydrogens is 829 g/mol. The van der Waals surface area contributed by atoms with E-state index in [4.69, 9.17) is 9.11 Å². The Morgan fingerprint density at radius 1 is 0.603 bits per heavy atom. The molecule has 4 aromatic rings. The minimum atomic E-state index is -4.77. The van der Waals surface area contributed by atoms with Crippen molar-refractivity contribution in [3.05, 3.63) is 119 Å². The monoisotopic (exact) mass is 878 g/mol. The Labute approximate surface area is 342 Å². The van der Waals surface area contributed by atoms with Gasteiger partial charge < -0.3 is 8.37 Å². The predicted octanol–water partition coefficient (Wildman–Crippen LogP) is 6.57. The first kappa shape index (κ1) is 45.2. The van der Waals surface area contributed by atoms with E-state index in [1.54, 1.807) is 6.07 Å². The molecule has 0 amide bonds. The molecule has 18 heteroatoms. The van der Waals surface area contributed by atoms with Crippen LogP contribution in [-0.2, 0) is 40.5 Å². The molecule has 14 nitrogen and oxygen atoms in total. The Balaban J connectivity index is 0.000000221. The Bertz CT molecular complexity index is 2510. The summed E-state index contributed by atoms with van der Waals surface area (Å²) in [4.78, 5) is 0.00982. The maximum atomic E-state index is 13.4. The van der Waals surface area contributed by atoms with E-state index >= 15 is 0 Å². The lowest BCUT2D eigenvalue weighted by Crippen LogP contribution is -2.50. The second kappa shape index (κ2) is 17.8. The summed E-state index contributed by atoms with van der Waals surface area (Å²) in [7, 11) is -17.0. The summed E-state index contributed by atoms with van der Waals surface area (Å²) in [5.41, 5.74) is 1.58. The fraction of sp³-hybridized carbons (Fsp3) is 0.400. The van der Waals surface area contributed by atoms with Crippen molar-refractivity contribution in [3.63, 3.8) is 0 Å². The van der Waals surface area contributed by atoms with Crippen LogP contribution in [0.1, 0.15) is 101 Å². The third-order valence-corrected chi connectivity index (χ3v) is 15.5. The zero-order valence-corrected chi connectivity index (χ0v) is 35.9. The van der Waals surface area contributed by atoms with Gasteiger partial charge in [0.15, 0.2) is 19.7 Å². The van der Waals surface area contributed by atoms with Crippen molar-refractivity contribution < 1.29 is 51.1 Å². The van der Waals surface area contributed by atoms with Crippen LogP contribution in [0.25, 0.3) is 0 Å². The number of benzene rings is 4. The molecule has 1 unspecified atom stereocenters. The fourth-order valence-corrected chi connectivity index (χ4v) is 12.7. The van der Waals surface area contributed by atoms with Crippen molar-refractivity contribution in [1.29, 1.82) is 0 Å². The van der Waals surface area contributed by atoms with E-state index in [-0.39, 0.29) is 32.8 Å². The highest BCUT2D eigenvalue weighted by Crippen LogP contribution is 2.41. The van der Waals surface area contributed by atoms with Gasteiger partial charge >= 0.3 is 20.8 Å². The molecule has 3 atom stereocenters. The van der Waals surface area contributed by atoms with Crippen molar-refractivity contribution in [3.8, 4) is 11.5 Å². The molecule has 2 aliphatic rings. The van der Waals surface area contributed by atoms with Gasteiger partial charge in [-0.3, -0.25) is 19.7 Å². The molecule has 0 aliphatic carbocycles. The van der Waals surface area contributed by atoms with Crippen molar-refractivity contribution in [2.45, 2.75) is 99.2 Å². The molecule has 4 aromatic carbocycles. The third kappa shape index (κ3) is 10.8. The first-order valence-electron chi connectivity index (χ1n) is 18.9. The van der Waals surface area contributed by atoms with Crippen LogP contribution in [0, 0.1) is 0 Å². The van der Waals surface area contributed by atoms with Crippen LogP contribution >= 0.6 is 0 Å². The highest BCUT2D eigenvalue weighted by Gasteiger charge is 2.43. The Morgan fingerprint density at radius 3 is 1.34 bits per heavy atom. The summed E-state index contributed by atoms with van der Waals surface area (Å²) in [6, 6.07) is 26.3. The molecule has 0 saturated heterocycles. The number of nitrogens with one attached hydrogen (secondary N) is 2. The van der Waals surface area contributed by atoms with E-state index in [1.807, 2.05) is 81.4 Å². The molecule has 0 fully saturated rings. The first-order chi connectivity index (χ1) is 27.2. The average Bonchev–Trinajstić information content (AvgIpc) is 3.34. The number of fused-ring (bicyclic) bond motifs is 2. The lowest BCUT2D eigenvalue weighted by atomic mass is 9.88. The molecule has 0 saturated carbocycles. The molecule has 6 rings (SSSR count). The lowest BCUT2D eigenvalue weighted by Gasteiger charge is -2.35. The lowest BCUT2D eigenvalue weighted by molar-refractivity contribution is 0.295. The maximum Gasteiger partial charge on any atom is 0.446 e. The van der Waals surface area contributed by atoms with E-state index in [2.05, 4.69) is 25.9 Å². The second-order valence-corrected chi connectivity index (χ2v) is 20.6. The van der Waals surface area contributed by atoms with Crippen molar-refractivity contribution >= 4 is 40.5 Å². The van der Waals surface area contributed by atoms with Gasteiger partial charge in [-0.2, -0.15) is 16.8 Å². The van der Waals surface area contributed by atoms with Crippen LogP contribution in [0.3, 0.4) is 0 Å². The Kier molecular flexibility index (Phi) is 13.8. The number of hydrogen-bond donors (Lipinski definition) is 4. The van der Waals surface area contributed by atoms with Crippen LogP contribution in [0.4, 0.5) is 0 Å². The smallest absolute Gasteiger partial charge is 0.362 e. The topological polar surface area (TPSA) is 220 Å². The zero-order chi connectivity index (χ0) is 42.6. The van der Waals surface area contributed by atoms with Gasteiger partial charge in [-0.25, -0.2) is 16.8 Å². The predicted molar refractivity (Wildman–Crippen MR) is 220 cm³/mol. The highest BCUT2D eigenvalue weighted by atomic mass is 32.3. The van der Waals surface area contributed by atoms with Gasteiger partial charge in [-0.1, -0.05) is 113 Å². The number of rotatable bonds is 12. The van der Waals surface area contributed by atoms with Crippen molar-refractivity contribution in [1.82, 2.24) is 10.6 Å². The van der Waals surface area contributed by atoms with Gasteiger partial charge in [0, 0.05) is 23.2 Å². The van der Waals surface area contributed by atoms with Crippen molar-refractivity contribution in [2.24, 2.45) is 0 Å². The molecule has 316 valence electrons. The summed E-state index contributed by atoms with van der Waals surface area (Å²) in [6.45, 7) is 7.92. The normalized spacial score (nSPS) is 22.1. The zero-order valence-electron chi connectivity index (χ0n) is 32.7. The number of unbranched alkanes of at least 4 members (excludes halogenated alkanes) is 1. The second-order valence-electron chi connectivity index (χ2n) is 14.6. The van der Waals surface area contributed by atoms with Crippen LogP contribution < -0.4 is 19.0 Å². The number of hydrogen-bond acceptors (Lipinski definition) is 12. The minimum absolute atomic E-state index is 0.00113. The van der Waals surface area contributed by atoms with E-state index in [9.17, 15) is 33.7 Å². The molecule has 58 heavy (non-hydrogen) atoms.